The molecule has 1 saturated heterocycles. The van der Waals surface area contributed by atoms with Crippen molar-refractivity contribution in [2.24, 2.45) is 0 Å². The highest BCUT2D eigenvalue weighted by Gasteiger charge is 2.24. The summed E-state index contributed by atoms with van der Waals surface area (Å²) < 4.78 is 5.40. The van der Waals surface area contributed by atoms with E-state index in [0.29, 0.717) is 30.5 Å². The van der Waals surface area contributed by atoms with Crippen LogP contribution < -0.4 is 5.32 Å². The summed E-state index contributed by atoms with van der Waals surface area (Å²) in [6, 6.07) is 9.92. The van der Waals surface area contributed by atoms with E-state index >= 15 is 0 Å². The van der Waals surface area contributed by atoms with Gasteiger partial charge in [0.1, 0.15) is 23.8 Å². The SMILES string of the molecule is CCc1ncnc(NC2CCN(C(=O)OCc3ccccc3)CC2)c1Cl. The zero-order chi connectivity index (χ0) is 18.4. The van der Waals surface area contributed by atoms with Gasteiger partial charge in [0.15, 0.2) is 0 Å². The number of nitrogens with one attached hydrogen (secondary N) is 1. The van der Waals surface area contributed by atoms with Gasteiger partial charge >= 0.3 is 6.09 Å². The smallest absolute Gasteiger partial charge is 0.410 e. The number of rotatable bonds is 5. The standard InChI is InChI=1S/C19H23ClN4O2/c1-2-16-17(20)18(22-13-21-16)23-15-8-10-24(11-9-15)19(25)26-12-14-6-4-3-5-7-14/h3-7,13,15H,2,8-12H2,1H3,(H,21,22,23). The Balaban J connectivity index is 1.47. The van der Waals surface area contributed by atoms with E-state index in [1.54, 1.807) is 4.90 Å². The molecule has 1 aliphatic heterocycles. The molecule has 0 saturated carbocycles. The van der Waals surface area contributed by atoms with Crippen LogP contribution in [0.15, 0.2) is 36.7 Å². The number of ether oxygens (including phenoxy) is 1. The van der Waals surface area contributed by atoms with Crippen molar-refractivity contribution in [3.05, 3.63) is 52.9 Å². The molecule has 0 atom stereocenters. The Bertz CT molecular complexity index is 734. The minimum Gasteiger partial charge on any atom is -0.445 e. The third-order valence-corrected chi connectivity index (χ3v) is 4.89. The number of nitrogens with zero attached hydrogens (tertiary/aromatic N) is 3. The summed E-state index contributed by atoms with van der Waals surface area (Å²) in [5.41, 5.74) is 1.83. The summed E-state index contributed by atoms with van der Waals surface area (Å²) in [6.45, 7) is 3.61. The summed E-state index contributed by atoms with van der Waals surface area (Å²) in [7, 11) is 0. The van der Waals surface area contributed by atoms with Gasteiger partial charge in [-0.05, 0) is 24.8 Å². The lowest BCUT2D eigenvalue weighted by atomic mass is 10.1. The zero-order valence-corrected chi connectivity index (χ0v) is 15.6. The van der Waals surface area contributed by atoms with E-state index in [2.05, 4.69) is 15.3 Å². The molecule has 1 fully saturated rings. The normalized spacial score (nSPS) is 14.9. The van der Waals surface area contributed by atoms with Crippen molar-refractivity contribution < 1.29 is 9.53 Å². The fourth-order valence-corrected chi connectivity index (χ4v) is 3.25. The Morgan fingerprint density at radius 1 is 1.27 bits per heavy atom. The second-order valence-corrected chi connectivity index (χ2v) is 6.66. The second kappa shape index (κ2) is 8.85. The third-order valence-electron chi connectivity index (χ3n) is 4.50. The van der Waals surface area contributed by atoms with E-state index in [-0.39, 0.29) is 12.1 Å². The minimum absolute atomic E-state index is 0.227. The van der Waals surface area contributed by atoms with Crippen LogP contribution in [0.5, 0.6) is 0 Å². The molecular weight excluding hydrogens is 352 g/mol. The molecule has 6 nitrogen and oxygen atoms in total. The van der Waals surface area contributed by atoms with Gasteiger partial charge in [-0.1, -0.05) is 48.9 Å². The summed E-state index contributed by atoms with van der Waals surface area (Å²) in [6.07, 6.45) is 3.68. The number of carbonyl (C=O) groups is 1. The van der Waals surface area contributed by atoms with Crippen molar-refractivity contribution in [1.29, 1.82) is 0 Å². The molecule has 7 heteroatoms. The van der Waals surface area contributed by atoms with Gasteiger partial charge in [-0.25, -0.2) is 14.8 Å². The van der Waals surface area contributed by atoms with Gasteiger partial charge in [-0.15, -0.1) is 0 Å². The van der Waals surface area contributed by atoms with E-state index in [0.717, 1.165) is 30.5 Å². The Kier molecular flexibility index (Phi) is 6.28. The van der Waals surface area contributed by atoms with Crippen LogP contribution in [0.2, 0.25) is 5.02 Å². The van der Waals surface area contributed by atoms with Crippen LogP contribution in [-0.2, 0) is 17.8 Å². The largest absolute Gasteiger partial charge is 0.445 e. The number of likely N-dealkylation sites (tertiary alicyclic amines) is 1. The summed E-state index contributed by atoms with van der Waals surface area (Å²) >= 11 is 6.33. The number of anilines is 1. The molecule has 1 aromatic heterocycles. The predicted octanol–water partition coefficient (Wildman–Crippen LogP) is 3.91. The summed E-state index contributed by atoms with van der Waals surface area (Å²) in [5.74, 6) is 0.670. The Labute approximate surface area is 158 Å². The molecule has 0 radical (unpaired) electrons. The van der Waals surface area contributed by atoms with Crippen LogP contribution in [0, 0.1) is 0 Å². The maximum atomic E-state index is 12.2. The molecule has 1 aromatic carbocycles. The summed E-state index contributed by atoms with van der Waals surface area (Å²) in [5, 5.41) is 3.96. The highest BCUT2D eigenvalue weighted by atomic mass is 35.5. The lowest BCUT2D eigenvalue weighted by molar-refractivity contribution is 0.0881. The first-order chi connectivity index (χ1) is 12.7. The van der Waals surface area contributed by atoms with Crippen molar-refractivity contribution in [1.82, 2.24) is 14.9 Å². The molecule has 2 heterocycles. The quantitative estimate of drug-likeness (QED) is 0.859. The Hall–Kier alpha value is -2.34. The number of hydrogen-bond acceptors (Lipinski definition) is 5. The van der Waals surface area contributed by atoms with Crippen LogP contribution >= 0.6 is 11.6 Å². The molecule has 0 spiro atoms. The minimum atomic E-state index is -0.263. The number of benzene rings is 1. The molecule has 0 bridgehead atoms. The van der Waals surface area contributed by atoms with Crippen molar-refractivity contribution >= 4 is 23.5 Å². The Morgan fingerprint density at radius 3 is 2.69 bits per heavy atom. The molecule has 1 aliphatic rings. The maximum Gasteiger partial charge on any atom is 0.410 e. The van der Waals surface area contributed by atoms with Crippen molar-refractivity contribution in [2.75, 3.05) is 18.4 Å². The van der Waals surface area contributed by atoms with Gasteiger partial charge in [0.25, 0.3) is 0 Å². The zero-order valence-electron chi connectivity index (χ0n) is 14.8. The number of halogens is 1. The lowest BCUT2D eigenvalue weighted by Crippen LogP contribution is -2.42. The van der Waals surface area contributed by atoms with Gasteiger partial charge in [0.05, 0.1) is 5.69 Å². The predicted molar refractivity (Wildman–Crippen MR) is 101 cm³/mol. The fourth-order valence-electron chi connectivity index (χ4n) is 2.96. The molecule has 0 unspecified atom stereocenters. The second-order valence-electron chi connectivity index (χ2n) is 6.28. The highest BCUT2D eigenvalue weighted by Crippen LogP contribution is 2.25. The molecule has 26 heavy (non-hydrogen) atoms. The molecule has 2 aromatic rings. The molecule has 138 valence electrons. The van der Waals surface area contributed by atoms with Gasteiger partial charge in [0, 0.05) is 19.1 Å². The van der Waals surface area contributed by atoms with Crippen LogP contribution in [0.1, 0.15) is 31.0 Å². The average Bonchev–Trinajstić information content (AvgIpc) is 2.69. The first kappa shape index (κ1) is 18.5. The number of hydrogen-bond donors (Lipinski definition) is 1. The molecule has 1 amide bonds. The summed E-state index contributed by atoms with van der Waals surface area (Å²) in [4.78, 5) is 22.4. The van der Waals surface area contributed by atoms with E-state index in [1.807, 2.05) is 37.3 Å². The van der Waals surface area contributed by atoms with E-state index < -0.39 is 0 Å². The van der Waals surface area contributed by atoms with Crippen LogP contribution in [-0.4, -0.2) is 40.1 Å². The topological polar surface area (TPSA) is 67.4 Å². The Morgan fingerprint density at radius 2 is 2.00 bits per heavy atom. The third kappa shape index (κ3) is 4.64. The molecule has 1 N–H and O–H groups in total. The number of carbonyl (C=O) groups excluding carboxylic acids is 1. The van der Waals surface area contributed by atoms with Crippen molar-refractivity contribution in [3.63, 3.8) is 0 Å². The van der Waals surface area contributed by atoms with Crippen LogP contribution in [0.4, 0.5) is 10.6 Å². The van der Waals surface area contributed by atoms with Crippen LogP contribution in [0.25, 0.3) is 0 Å². The lowest BCUT2D eigenvalue weighted by Gasteiger charge is -2.32. The number of piperidine rings is 1. The van der Waals surface area contributed by atoms with Gasteiger partial charge in [-0.2, -0.15) is 0 Å². The molecular formula is C19H23ClN4O2. The average molecular weight is 375 g/mol. The van der Waals surface area contributed by atoms with Gasteiger partial charge in [-0.3, -0.25) is 0 Å². The van der Waals surface area contributed by atoms with Gasteiger partial charge in [0.2, 0.25) is 0 Å². The fraction of sp³-hybridized carbons (Fsp3) is 0.421. The van der Waals surface area contributed by atoms with E-state index in [9.17, 15) is 4.79 Å². The monoisotopic (exact) mass is 374 g/mol. The van der Waals surface area contributed by atoms with Crippen LogP contribution in [0.3, 0.4) is 0 Å². The van der Waals surface area contributed by atoms with Gasteiger partial charge < -0.3 is 15.0 Å². The molecule has 0 aliphatic carbocycles. The molecule has 3 rings (SSSR count). The highest BCUT2D eigenvalue weighted by molar-refractivity contribution is 6.33. The maximum absolute atomic E-state index is 12.2. The number of amides is 1. The van der Waals surface area contributed by atoms with Crippen molar-refractivity contribution in [2.45, 2.75) is 38.8 Å². The first-order valence-electron chi connectivity index (χ1n) is 8.89. The van der Waals surface area contributed by atoms with E-state index in [1.165, 1.54) is 6.33 Å². The number of aryl methyl sites for hydroxylation is 1. The van der Waals surface area contributed by atoms with Crippen molar-refractivity contribution in [3.8, 4) is 0 Å². The first-order valence-corrected chi connectivity index (χ1v) is 9.26. The van der Waals surface area contributed by atoms with E-state index in [4.69, 9.17) is 16.3 Å². The number of aromatic nitrogens is 2.